The molecule has 1 aromatic carbocycles. The second kappa shape index (κ2) is 6.53. The zero-order valence-corrected chi connectivity index (χ0v) is 11.7. The fourth-order valence-electron chi connectivity index (χ4n) is 2.50. The molecule has 0 spiro atoms. The van der Waals surface area contributed by atoms with Crippen LogP contribution in [0.1, 0.15) is 35.7 Å². The average Bonchev–Trinajstić information content (AvgIpc) is 2.44. The minimum atomic E-state index is -0.394. The molecule has 0 aromatic heterocycles. The molecular weight excluding hydrogens is 255 g/mol. The number of piperidine rings is 1. The summed E-state index contributed by atoms with van der Waals surface area (Å²) in [6.07, 6.45) is 2.16. The van der Waals surface area contributed by atoms with Crippen molar-refractivity contribution in [3.05, 3.63) is 35.1 Å². The van der Waals surface area contributed by atoms with E-state index in [9.17, 15) is 9.18 Å². The van der Waals surface area contributed by atoms with Crippen molar-refractivity contribution < 1.29 is 9.18 Å². The van der Waals surface area contributed by atoms with E-state index >= 15 is 0 Å². The molecule has 2 N–H and O–H groups in total. The van der Waals surface area contributed by atoms with Gasteiger partial charge in [0.25, 0.3) is 5.91 Å². The van der Waals surface area contributed by atoms with E-state index in [1.807, 2.05) is 4.90 Å². The summed E-state index contributed by atoms with van der Waals surface area (Å²) in [5, 5.41) is 0. The lowest BCUT2D eigenvalue weighted by molar-refractivity contribution is 0.0682. The third-order valence-electron chi connectivity index (χ3n) is 3.48. The van der Waals surface area contributed by atoms with Gasteiger partial charge in [0, 0.05) is 18.7 Å². The van der Waals surface area contributed by atoms with E-state index in [0.29, 0.717) is 17.0 Å². The van der Waals surface area contributed by atoms with E-state index in [1.165, 1.54) is 18.2 Å². The number of hydrogen-bond donors (Lipinski definition) is 1. The maximum atomic E-state index is 13.3. The number of carbonyl (C=O) groups excluding carboxylic acids is 1. The molecule has 1 fully saturated rings. The van der Waals surface area contributed by atoms with Crippen LogP contribution < -0.4 is 5.73 Å². The summed E-state index contributed by atoms with van der Waals surface area (Å²) in [5.41, 5.74) is 6.21. The molecule has 1 aromatic rings. The molecule has 1 saturated heterocycles. The Labute approximate surface area is 119 Å². The van der Waals surface area contributed by atoms with Gasteiger partial charge in [0.05, 0.1) is 12.1 Å². The molecule has 1 amide bonds. The molecule has 1 unspecified atom stereocenters. The van der Waals surface area contributed by atoms with Gasteiger partial charge in [-0.1, -0.05) is 18.8 Å². The summed E-state index contributed by atoms with van der Waals surface area (Å²) in [5.74, 6) is 5.50. The topological polar surface area (TPSA) is 46.3 Å². The molecule has 106 valence electrons. The first-order valence-corrected chi connectivity index (χ1v) is 6.89. The van der Waals surface area contributed by atoms with E-state index in [2.05, 4.69) is 18.8 Å². The minimum absolute atomic E-state index is 0.0714. The molecule has 2 rings (SSSR count). The van der Waals surface area contributed by atoms with Gasteiger partial charge in [0.2, 0.25) is 0 Å². The highest BCUT2D eigenvalue weighted by molar-refractivity contribution is 5.96. The number of likely N-dealkylation sites (tertiary alicyclic amines) is 1. The molecule has 20 heavy (non-hydrogen) atoms. The average molecular weight is 274 g/mol. The van der Waals surface area contributed by atoms with Crippen LogP contribution >= 0.6 is 0 Å². The highest BCUT2D eigenvalue weighted by Crippen LogP contribution is 2.20. The van der Waals surface area contributed by atoms with Crippen LogP contribution in [0.4, 0.5) is 4.39 Å². The predicted molar refractivity (Wildman–Crippen MR) is 76.6 cm³/mol. The maximum Gasteiger partial charge on any atom is 0.255 e. The van der Waals surface area contributed by atoms with Crippen molar-refractivity contribution in [1.29, 1.82) is 0 Å². The Morgan fingerprint density at radius 2 is 2.35 bits per heavy atom. The van der Waals surface area contributed by atoms with E-state index in [4.69, 9.17) is 5.73 Å². The van der Waals surface area contributed by atoms with Crippen molar-refractivity contribution >= 4 is 5.91 Å². The fourth-order valence-corrected chi connectivity index (χ4v) is 2.50. The van der Waals surface area contributed by atoms with Crippen LogP contribution in [0.25, 0.3) is 0 Å². The summed E-state index contributed by atoms with van der Waals surface area (Å²) in [7, 11) is 0. The van der Waals surface area contributed by atoms with Crippen molar-refractivity contribution in [3.8, 4) is 11.8 Å². The van der Waals surface area contributed by atoms with Gasteiger partial charge in [0.15, 0.2) is 0 Å². The largest absolute Gasteiger partial charge is 0.338 e. The van der Waals surface area contributed by atoms with Crippen LogP contribution in [0.5, 0.6) is 0 Å². The number of nitrogens with two attached hydrogens (primary N) is 1. The SMILES string of the molecule is CC1CCCN(C(=O)c2ccc(F)cc2C#CCN)C1. The van der Waals surface area contributed by atoms with Gasteiger partial charge >= 0.3 is 0 Å². The molecule has 0 bridgehead atoms. The third kappa shape index (κ3) is 3.37. The van der Waals surface area contributed by atoms with E-state index in [0.717, 1.165) is 25.9 Å². The van der Waals surface area contributed by atoms with Gasteiger partial charge in [-0.05, 0) is 37.0 Å². The molecule has 1 atom stereocenters. The number of benzene rings is 1. The molecule has 0 aliphatic carbocycles. The number of rotatable bonds is 1. The van der Waals surface area contributed by atoms with Crippen LogP contribution in [-0.2, 0) is 0 Å². The first-order valence-electron chi connectivity index (χ1n) is 6.89. The Hall–Kier alpha value is -1.86. The van der Waals surface area contributed by atoms with E-state index < -0.39 is 5.82 Å². The summed E-state index contributed by atoms with van der Waals surface area (Å²) in [6.45, 7) is 3.83. The molecule has 1 aliphatic rings. The van der Waals surface area contributed by atoms with Crippen LogP contribution in [-0.4, -0.2) is 30.4 Å². The smallest absolute Gasteiger partial charge is 0.255 e. The maximum absolute atomic E-state index is 13.3. The predicted octanol–water partition coefficient (Wildman–Crippen LogP) is 2.01. The lowest BCUT2D eigenvalue weighted by Crippen LogP contribution is -2.39. The normalized spacial score (nSPS) is 18.4. The first kappa shape index (κ1) is 14.5. The quantitative estimate of drug-likeness (QED) is 0.796. The number of carbonyl (C=O) groups is 1. The zero-order chi connectivity index (χ0) is 14.5. The summed E-state index contributed by atoms with van der Waals surface area (Å²) in [6, 6.07) is 4.11. The lowest BCUT2D eigenvalue weighted by Gasteiger charge is -2.31. The lowest BCUT2D eigenvalue weighted by atomic mass is 9.98. The first-order chi connectivity index (χ1) is 9.61. The van der Waals surface area contributed by atoms with Crippen molar-refractivity contribution in [1.82, 2.24) is 4.90 Å². The second-order valence-electron chi connectivity index (χ2n) is 5.19. The zero-order valence-electron chi connectivity index (χ0n) is 11.7. The number of amides is 1. The standard InChI is InChI=1S/C16H19FN2O/c1-12-4-3-9-19(11-12)16(20)15-7-6-14(17)10-13(15)5-2-8-18/h6-7,10,12H,3-4,8-9,11,18H2,1H3. The van der Waals surface area contributed by atoms with Gasteiger partial charge in [-0.15, -0.1) is 0 Å². The Morgan fingerprint density at radius 1 is 1.55 bits per heavy atom. The van der Waals surface area contributed by atoms with Gasteiger partial charge < -0.3 is 10.6 Å². The minimum Gasteiger partial charge on any atom is -0.338 e. The van der Waals surface area contributed by atoms with Gasteiger partial charge in [-0.2, -0.15) is 0 Å². The fraction of sp³-hybridized carbons (Fsp3) is 0.438. The van der Waals surface area contributed by atoms with Crippen molar-refractivity contribution in [3.63, 3.8) is 0 Å². The summed E-state index contributed by atoms with van der Waals surface area (Å²) >= 11 is 0. The molecule has 0 radical (unpaired) electrons. The Kier molecular flexibility index (Phi) is 4.75. The highest BCUT2D eigenvalue weighted by Gasteiger charge is 2.23. The summed E-state index contributed by atoms with van der Waals surface area (Å²) in [4.78, 5) is 14.4. The van der Waals surface area contributed by atoms with Gasteiger partial charge in [-0.3, -0.25) is 4.79 Å². The molecule has 0 saturated carbocycles. The van der Waals surface area contributed by atoms with Crippen LogP contribution in [0.15, 0.2) is 18.2 Å². The van der Waals surface area contributed by atoms with Crippen molar-refractivity contribution in [2.24, 2.45) is 11.7 Å². The number of halogens is 1. The third-order valence-corrected chi connectivity index (χ3v) is 3.48. The molecule has 3 nitrogen and oxygen atoms in total. The number of nitrogens with zero attached hydrogens (tertiary/aromatic N) is 1. The highest BCUT2D eigenvalue weighted by atomic mass is 19.1. The van der Waals surface area contributed by atoms with Crippen molar-refractivity contribution in [2.75, 3.05) is 19.6 Å². The Morgan fingerprint density at radius 3 is 3.05 bits per heavy atom. The summed E-state index contributed by atoms with van der Waals surface area (Å²) < 4.78 is 13.3. The van der Waals surface area contributed by atoms with Gasteiger partial charge in [-0.25, -0.2) is 4.39 Å². The Bertz CT molecular complexity index is 559. The Balaban J connectivity index is 2.29. The molecule has 4 heteroatoms. The van der Waals surface area contributed by atoms with E-state index in [-0.39, 0.29) is 12.5 Å². The molecular formula is C16H19FN2O. The second-order valence-corrected chi connectivity index (χ2v) is 5.19. The molecule has 1 heterocycles. The molecule has 1 aliphatic heterocycles. The monoisotopic (exact) mass is 274 g/mol. The number of hydrogen-bond acceptors (Lipinski definition) is 2. The van der Waals surface area contributed by atoms with Crippen LogP contribution in [0.3, 0.4) is 0 Å². The van der Waals surface area contributed by atoms with E-state index in [1.54, 1.807) is 0 Å². The van der Waals surface area contributed by atoms with Crippen LogP contribution in [0, 0.1) is 23.6 Å². The van der Waals surface area contributed by atoms with Crippen LogP contribution in [0.2, 0.25) is 0 Å². The van der Waals surface area contributed by atoms with Gasteiger partial charge in [0.1, 0.15) is 5.82 Å². The van der Waals surface area contributed by atoms with Crippen molar-refractivity contribution in [2.45, 2.75) is 19.8 Å².